The quantitative estimate of drug-likeness (QED) is 0.615. The zero-order chi connectivity index (χ0) is 8.81. The van der Waals surface area contributed by atoms with Crippen LogP contribution in [-0.2, 0) is 0 Å². The molecule has 0 aliphatic rings. The fourth-order valence-corrected chi connectivity index (χ4v) is 1.31. The van der Waals surface area contributed by atoms with Gasteiger partial charge in [-0.05, 0) is 32.0 Å². The van der Waals surface area contributed by atoms with E-state index in [1.54, 1.807) is 0 Å². The third kappa shape index (κ3) is 2.36. The molecular weight excluding hydrogens is 152 g/mol. The summed E-state index contributed by atoms with van der Waals surface area (Å²) in [5.41, 5.74) is 1.19. The lowest BCUT2D eigenvalue weighted by Crippen LogP contribution is -2.16. The molecule has 0 amide bonds. The van der Waals surface area contributed by atoms with E-state index in [0.29, 0.717) is 6.04 Å². The van der Waals surface area contributed by atoms with Gasteiger partial charge in [0.1, 0.15) is 0 Å². The standard InChI is InChI=1S/C9H16N2O/c1-10-8(5-3-7-12)9-4-2-6-11-9/h2,4,6,8,10-12H,3,5,7H2,1H3. The van der Waals surface area contributed by atoms with E-state index in [0.717, 1.165) is 12.8 Å². The first-order chi connectivity index (χ1) is 5.88. The van der Waals surface area contributed by atoms with Gasteiger partial charge in [-0.3, -0.25) is 0 Å². The number of aromatic nitrogens is 1. The summed E-state index contributed by atoms with van der Waals surface area (Å²) >= 11 is 0. The Labute approximate surface area is 72.8 Å². The summed E-state index contributed by atoms with van der Waals surface area (Å²) in [5.74, 6) is 0. The highest BCUT2D eigenvalue weighted by Gasteiger charge is 2.07. The molecule has 1 atom stereocenters. The zero-order valence-corrected chi connectivity index (χ0v) is 7.38. The van der Waals surface area contributed by atoms with Gasteiger partial charge in [0.25, 0.3) is 0 Å². The fraction of sp³-hybridized carbons (Fsp3) is 0.556. The molecule has 0 saturated carbocycles. The molecule has 0 aliphatic carbocycles. The van der Waals surface area contributed by atoms with Gasteiger partial charge < -0.3 is 15.4 Å². The third-order valence-electron chi connectivity index (χ3n) is 2.00. The average molecular weight is 168 g/mol. The van der Waals surface area contributed by atoms with Crippen LogP contribution in [0.2, 0.25) is 0 Å². The van der Waals surface area contributed by atoms with Gasteiger partial charge in [0.2, 0.25) is 0 Å². The van der Waals surface area contributed by atoms with Crippen molar-refractivity contribution in [1.29, 1.82) is 0 Å². The second-order valence-electron chi connectivity index (χ2n) is 2.83. The summed E-state index contributed by atoms with van der Waals surface area (Å²) in [5, 5.41) is 11.9. The maximum atomic E-state index is 8.67. The monoisotopic (exact) mass is 168 g/mol. The Kier molecular flexibility index (Phi) is 3.84. The van der Waals surface area contributed by atoms with E-state index in [1.165, 1.54) is 5.69 Å². The highest BCUT2D eigenvalue weighted by molar-refractivity contribution is 5.08. The normalized spacial score (nSPS) is 13.2. The molecule has 0 bridgehead atoms. The van der Waals surface area contributed by atoms with Crippen molar-refractivity contribution in [3.05, 3.63) is 24.0 Å². The van der Waals surface area contributed by atoms with E-state index >= 15 is 0 Å². The minimum Gasteiger partial charge on any atom is -0.396 e. The predicted molar refractivity (Wildman–Crippen MR) is 48.9 cm³/mol. The molecule has 68 valence electrons. The second-order valence-corrected chi connectivity index (χ2v) is 2.83. The summed E-state index contributed by atoms with van der Waals surface area (Å²) in [6.45, 7) is 0.263. The Bertz CT molecular complexity index is 196. The number of aliphatic hydroxyl groups is 1. The Morgan fingerprint density at radius 3 is 3.00 bits per heavy atom. The van der Waals surface area contributed by atoms with Gasteiger partial charge in [0.05, 0.1) is 0 Å². The van der Waals surface area contributed by atoms with Crippen LogP contribution < -0.4 is 5.32 Å². The van der Waals surface area contributed by atoms with E-state index in [2.05, 4.69) is 16.4 Å². The highest BCUT2D eigenvalue weighted by Crippen LogP contribution is 2.14. The fourth-order valence-electron chi connectivity index (χ4n) is 1.31. The molecule has 1 aromatic rings. The smallest absolute Gasteiger partial charge is 0.0471 e. The first kappa shape index (κ1) is 9.29. The topological polar surface area (TPSA) is 48.0 Å². The van der Waals surface area contributed by atoms with Crippen molar-refractivity contribution < 1.29 is 5.11 Å². The highest BCUT2D eigenvalue weighted by atomic mass is 16.2. The van der Waals surface area contributed by atoms with E-state index in [4.69, 9.17) is 5.11 Å². The van der Waals surface area contributed by atoms with Crippen LogP contribution in [0.5, 0.6) is 0 Å². The molecule has 1 aromatic heterocycles. The summed E-state index contributed by atoms with van der Waals surface area (Å²) < 4.78 is 0. The van der Waals surface area contributed by atoms with E-state index < -0.39 is 0 Å². The van der Waals surface area contributed by atoms with Crippen molar-refractivity contribution in [2.45, 2.75) is 18.9 Å². The van der Waals surface area contributed by atoms with Crippen LogP contribution in [0.15, 0.2) is 18.3 Å². The molecule has 1 heterocycles. The van der Waals surface area contributed by atoms with Gasteiger partial charge in [0, 0.05) is 24.5 Å². The first-order valence-electron chi connectivity index (χ1n) is 4.30. The van der Waals surface area contributed by atoms with Crippen LogP contribution in [0.4, 0.5) is 0 Å². The summed E-state index contributed by atoms with van der Waals surface area (Å²) in [6.07, 6.45) is 3.72. The van der Waals surface area contributed by atoms with Gasteiger partial charge in [-0.25, -0.2) is 0 Å². The molecule has 1 rings (SSSR count). The van der Waals surface area contributed by atoms with Crippen LogP contribution in [-0.4, -0.2) is 23.7 Å². The zero-order valence-electron chi connectivity index (χ0n) is 7.38. The van der Waals surface area contributed by atoms with E-state index in [-0.39, 0.29) is 6.61 Å². The molecule has 3 nitrogen and oxygen atoms in total. The minimum absolute atomic E-state index is 0.263. The molecule has 0 aliphatic heterocycles. The number of aliphatic hydroxyl groups excluding tert-OH is 1. The minimum atomic E-state index is 0.263. The molecule has 0 saturated heterocycles. The van der Waals surface area contributed by atoms with Crippen molar-refractivity contribution in [2.24, 2.45) is 0 Å². The number of aromatic amines is 1. The van der Waals surface area contributed by atoms with Crippen molar-refractivity contribution in [3.8, 4) is 0 Å². The van der Waals surface area contributed by atoms with Crippen LogP contribution in [0, 0.1) is 0 Å². The van der Waals surface area contributed by atoms with Gasteiger partial charge in [0.15, 0.2) is 0 Å². The summed E-state index contributed by atoms with van der Waals surface area (Å²) in [7, 11) is 1.93. The number of hydrogen-bond donors (Lipinski definition) is 3. The molecular formula is C9H16N2O. The second kappa shape index (κ2) is 4.95. The van der Waals surface area contributed by atoms with Crippen LogP contribution in [0.1, 0.15) is 24.6 Å². The molecule has 0 radical (unpaired) electrons. The molecule has 0 spiro atoms. The van der Waals surface area contributed by atoms with Gasteiger partial charge in [-0.1, -0.05) is 0 Å². The number of nitrogens with one attached hydrogen (secondary N) is 2. The molecule has 1 unspecified atom stereocenters. The lowest BCUT2D eigenvalue weighted by atomic mass is 10.1. The lowest BCUT2D eigenvalue weighted by molar-refractivity contribution is 0.276. The van der Waals surface area contributed by atoms with Crippen LogP contribution >= 0.6 is 0 Å². The van der Waals surface area contributed by atoms with Crippen molar-refractivity contribution >= 4 is 0 Å². The van der Waals surface area contributed by atoms with Crippen LogP contribution in [0.25, 0.3) is 0 Å². The van der Waals surface area contributed by atoms with Gasteiger partial charge in [-0.2, -0.15) is 0 Å². The Balaban J connectivity index is 2.45. The van der Waals surface area contributed by atoms with E-state index in [1.807, 2.05) is 19.3 Å². The average Bonchev–Trinajstić information content (AvgIpc) is 2.59. The Hall–Kier alpha value is -0.800. The number of H-pyrrole nitrogens is 1. The SMILES string of the molecule is CNC(CCCO)c1ccc[nH]1. The van der Waals surface area contributed by atoms with Crippen LogP contribution in [0.3, 0.4) is 0 Å². The number of hydrogen-bond acceptors (Lipinski definition) is 2. The summed E-state index contributed by atoms with van der Waals surface area (Å²) in [6, 6.07) is 4.38. The first-order valence-corrected chi connectivity index (χ1v) is 4.30. The Morgan fingerprint density at radius 2 is 2.50 bits per heavy atom. The largest absolute Gasteiger partial charge is 0.396 e. The third-order valence-corrected chi connectivity index (χ3v) is 2.00. The van der Waals surface area contributed by atoms with Crippen molar-refractivity contribution in [3.63, 3.8) is 0 Å². The van der Waals surface area contributed by atoms with Crippen molar-refractivity contribution in [1.82, 2.24) is 10.3 Å². The number of rotatable bonds is 5. The Morgan fingerprint density at radius 1 is 1.67 bits per heavy atom. The lowest BCUT2D eigenvalue weighted by Gasteiger charge is -2.13. The molecule has 3 heteroatoms. The maximum absolute atomic E-state index is 8.67. The maximum Gasteiger partial charge on any atom is 0.0471 e. The predicted octanol–water partition coefficient (Wildman–Crippen LogP) is 1.05. The molecule has 0 aromatic carbocycles. The molecule has 0 fully saturated rings. The van der Waals surface area contributed by atoms with Gasteiger partial charge >= 0.3 is 0 Å². The van der Waals surface area contributed by atoms with E-state index in [9.17, 15) is 0 Å². The molecule has 12 heavy (non-hydrogen) atoms. The summed E-state index contributed by atoms with van der Waals surface area (Å²) in [4.78, 5) is 3.15. The molecule has 3 N–H and O–H groups in total. The van der Waals surface area contributed by atoms with Crippen molar-refractivity contribution in [2.75, 3.05) is 13.7 Å². The van der Waals surface area contributed by atoms with Gasteiger partial charge in [-0.15, -0.1) is 0 Å².